The molecule has 0 aliphatic rings. The fourth-order valence-electron chi connectivity index (χ4n) is 3.44. The predicted octanol–water partition coefficient (Wildman–Crippen LogP) is 3.17. The third-order valence-corrected chi connectivity index (χ3v) is 5.25. The maximum absolute atomic E-state index is 13.1. The van der Waals surface area contributed by atoms with Crippen LogP contribution in [-0.4, -0.2) is 39.8 Å². The van der Waals surface area contributed by atoms with Crippen LogP contribution in [0.4, 0.5) is 17.1 Å². The molecule has 3 aromatic rings. The number of rotatable bonds is 8. The Labute approximate surface area is 190 Å². The van der Waals surface area contributed by atoms with Crippen LogP contribution < -0.4 is 21.8 Å². The lowest BCUT2D eigenvalue weighted by Crippen LogP contribution is -2.33. The third kappa shape index (κ3) is 4.79. The van der Waals surface area contributed by atoms with Gasteiger partial charge < -0.3 is 25.1 Å². The average Bonchev–Trinajstić information content (AvgIpc) is 3.22. The van der Waals surface area contributed by atoms with Crippen molar-refractivity contribution in [2.24, 2.45) is 0 Å². The highest BCUT2D eigenvalue weighted by molar-refractivity contribution is 5.98. The van der Waals surface area contributed by atoms with E-state index in [9.17, 15) is 19.5 Å². The van der Waals surface area contributed by atoms with Crippen LogP contribution in [0.25, 0.3) is 0 Å². The second kappa shape index (κ2) is 9.68. The molecule has 0 aliphatic carbocycles. The van der Waals surface area contributed by atoms with Gasteiger partial charge in [-0.25, -0.2) is 4.68 Å². The number of benzene rings is 1. The number of hydrogen-bond acceptors (Lipinski definition) is 7. The molecule has 4 N–H and O–H groups in total. The summed E-state index contributed by atoms with van der Waals surface area (Å²) in [5.74, 6) is 0.636. The molecule has 10 heteroatoms. The van der Waals surface area contributed by atoms with Gasteiger partial charge in [0.25, 0.3) is 17.0 Å². The molecule has 1 amide bonds. The van der Waals surface area contributed by atoms with Gasteiger partial charge in [-0.1, -0.05) is 13.0 Å². The first-order chi connectivity index (χ1) is 15.7. The summed E-state index contributed by atoms with van der Waals surface area (Å²) in [7, 11) is 3.14. The number of amides is 1. The zero-order valence-electron chi connectivity index (χ0n) is 19.4. The number of nitrogens with one attached hydrogen (secondary N) is 3. The number of nitrogens with zero attached hydrogens (tertiary/aromatic N) is 2. The largest absolute Gasteiger partial charge is 0.505 e. The summed E-state index contributed by atoms with van der Waals surface area (Å²) < 4.78 is 6.87. The molecular formula is C23H29N5O5. The van der Waals surface area contributed by atoms with E-state index in [1.807, 2.05) is 26.0 Å². The molecule has 2 heterocycles. The first-order valence-corrected chi connectivity index (χ1v) is 10.7. The van der Waals surface area contributed by atoms with E-state index in [4.69, 9.17) is 4.42 Å². The number of phenolic OH excluding ortho intramolecular Hbond substituents is 1. The van der Waals surface area contributed by atoms with Gasteiger partial charge in [0.1, 0.15) is 22.9 Å². The zero-order valence-corrected chi connectivity index (χ0v) is 19.4. The first kappa shape index (κ1) is 23.7. The third-order valence-electron chi connectivity index (χ3n) is 5.25. The molecule has 0 bridgehead atoms. The number of para-hydroxylation sites is 1. The summed E-state index contributed by atoms with van der Waals surface area (Å²) >= 11 is 0. The van der Waals surface area contributed by atoms with Crippen LogP contribution in [0.15, 0.2) is 44.3 Å². The summed E-state index contributed by atoms with van der Waals surface area (Å²) in [5.41, 5.74) is -0.855. The SMILES string of the molecule is CC[C@@H](Nc1c(Nc2cccc(C(=O)N(C)C)c2O)c(=O)n(CC)[nH]c1=O)c1ccc(C)o1. The molecule has 176 valence electrons. The van der Waals surface area contributed by atoms with Crippen LogP contribution >= 0.6 is 0 Å². The number of aromatic nitrogens is 2. The lowest BCUT2D eigenvalue weighted by molar-refractivity contribution is 0.0824. The molecule has 2 aromatic heterocycles. The van der Waals surface area contributed by atoms with Gasteiger partial charge in [0.2, 0.25) is 0 Å². The highest BCUT2D eigenvalue weighted by Crippen LogP contribution is 2.32. The van der Waals surface area contributed by atoms with Gasteiger partial charge in [-0.15, -0.1) is 0 Å². The molecule has 0 saturated carbocycles. The van der Waals surface area contributed by atoms with Crippen molar-refractivity contribution < 1.29 is 14.3 Å². The normalized spacial score (nSPS) is 11.8. The van der Waals surface area contributed by atoms with Crippen LogP contribution in [0, 0.1) is 6.92 Å². The summed E-state index contributed by atoms with van der Waals surface area (Å²) in [6.45, 7) is 5.71. The lowest BCUT2D eigenvalue weighted by atomic mass is 10.1. The Morgan fingerprint density at radius 1 is 1.18 bits per heavy atom. The molecule has 0 radical (unpaired) electrons. The summed E-state index contributed by atoms with van der Waals surface area (Å²) in [6.07, 6.45) is 0.584. The number of carbonyl (C=O) groups is 1. The lowest BCUT2D eigenvalue weighted by Gasteiger charge is -2.20. The fraction of sp³-hybridized carbons (Fsp3) is 0.348. The Morgan fingerprint density at radius 3 is 2.48 bits per heavy atom. The Kier molecular flexibility index (Phi) is 6.95. The van der Waals surface area contributed by atoms with Gasteiger partial charge in [0, 0.05) is 20.6 Å². The van der Waals surface area contributed by atoms with E-state index in [1.54, 1.807) is 27.1 Å². The van der Waals surface area contributed by atoms with Gasteiger partial charge in [0.15, 0.2) is 5.75 Å². The fourth-order valence-corrected chi connectivity index (χ4v) is 3.44. The Morgan fingerprint density at radius 2 is 1.91 bits per heavy atom. The standard InChI is InChI=1S/C23H29N5O5/c1-6-15(17-12-11-13(3)33-17)24-18-19(23(32)28(7-2)26-21(18)30)25-16-10-8-9-14(20(16)29)22(31)27(4)5/h8-12,15,24-25,29H,6-7H2,1-5H3,(H,26,30)/t15-/m1/s1. The second-order valence-electron chi connectivity index (χ2n) is 7.82. The van der Waals surface area contributed by atoms with E-state index in [1.165, 1.54) is 21.7 Å². The summed E-state index contributed by atoms with van der Waals surface area (Å²) in [6, 6.07) is 7.85. The first-order valence-electron chi connectivity index (χ1n) is 10.7. The molecule has 3 rings (SSSR count). The van der Waals surface area contributed by atoms with Crippen LogP contribution in [0.3, 0.4) is 0 Å². The Balaban J connectivity index is 2.11. The van der Waals surface area contributed by atoms with Crippen molar-refractivity contribution in [3.63, 3.8) is 0 Å². The molecular weight excluding hydrogens is 426 g/mol. The van der Waals surface area contributed by atoms with Crippen molar-refractivity contribution in [1.29, 1.82) is 0 Å². The average molecular weight is 456 g/mol. The number of aryl methyl sites for hydroxylation is 2. The molecule has 10 nitrogen and oxygen atoms in total. The molecule has 1 aromatic carbocycles. The summed E-state index contributed by atoms with van der Waals surface area (Å²) in [5, 5.41) is 19.3. The molecule has 0 spiro atoms. The number of carbonyl (C=O) groups excluding carboxylic acids is 1. The van der Waals surface area contributed by atoms with Crippen molar-refractivity contribution in [2.45, 2.75) is 39.8 Å². The molecule has 0 saturated heterocycles. The van der Waals surface area contributed by atoms with E-state index in [0.717, 1.165) is 5.76 Å². The predicted molar refractivity (Wildman–Crippen MR) is 127 cm³/mol. The molecule has 1 atom stereocenters. The van der Waals surface area contributed by atoms with E-state index >= 15 is 0 Å². The topological polar surface area (TPSA) is 133 Å². The number of H-pyrrole nitrogens is 1. The number of hydrogen-bond donors (Lipinski definition) is 4. The van der Waals surface area contributed by atoms with Crippen molar-refractivity contribution in [3.8, 4) is 5.75 Å². The van der Waals surface area contributed by atoms with Crippen LogP contribution in [0.5, 0.6) is 5.75 Å². The van der Waals surface area contributed by atoms with Gasteiger partial charge in [-0.05, 0) is 44.5 Å². The number of anilines is 3. The van der Waals surface area contributed by atoms with Crippen molar-refractivity contribution >= 4 is 23.0 Å². The minimum atomic E-state index is -0.513. The molecule has 0 fully saturated rings. The van der Waals surface area contributed by atoms with Crippen molar-refractivity contribution in [2.75, 3.05) is 24.7 Å². The number of aromatic hydroxyl groups is 1. The zero-order chi connectivity index (χ0) is 24.3. The minimum absolute atomic E-state index is 0.00865. The minimum Gasteiger partial charge on any atom is -0.505 e. The summed E-state index contributed by atoms with van der Waals surface area (Å²) in [4.78, 5) is 39.8. The van der Waals surface area contributed by atoms with E-state index in [2.05, 4.69) is 15.7 Å². The Hall–Kier alpha value is -3.95. The number of furan rings is 1. The molecule has 0 aliphatic heterocycles. The smallest absolute Gasteiger partial charge is 0.291 e. The highest BCUT2D eigenvalue weighted by atomic mass is 16.3. The van der Waals surface area contributed by atoms with Crippen LogP contribution in [0.1, 0.15) is 48.2 Å². The van der Waals surface area contributed by atoms with Crippen molar-refractivity contribution in [1.82, 2.24) is 14.7 Å². The maximum atomic E-state index is 13.1. The Bertz CT molecular complexity index is 1270. The number of phenols is 1. The van der Waals surface area contributed by atoms with Gasteiger partial charge in [-0.3, -0.25) is 19.5 Å². The van der Waals surface area contributed by atoms with Crippen LogP contribution in [-0.2, 0) is 6.54 Å². The molecule has 33 heavy (non-hydrogen) atoms. The van der Waals surface area contributed by atoms with E-state index in [-0.39, 0.29) is 41.0 Å². The quantitative estimate of drug-likeness (QED) is 0.384. The van der Waals surface area contributed by atoms with E-state index in [0.29, 0.717) is 12.2 Å². The van der Waals surface area contributed by atoms with Gasteiger partial charge in [0.05, 0.1) is 17.3 Å². The monoisotopic (exact) mass is 455 g/mol. The second-order valence-corrected chi connectivity index (χ2v) is 7.82. The molecule has 0 unspecified atom stereocenters. The van der Waals surface area contributed by atoms with Gasteiger partial charge >= 0.3 is 0 Å². The van der Waals surface area contributed by atoms with E-state index < -0.39 is 17.0 Å². The van der Waals surface area contributed by atoms with Gasteiger partial charge in [-0.2, -0.15) is 0 Å². The van der Waals surface area contributed by atoms with Crippen molar-refractivity contribution in [3.05, 3.63) is 68.1 Å². The highest BCUT2D eigenvalue weighted by Gasteiger charge is 2.22. The number of aromatic amines is 1. The maximum Gasteiger partial charge on any atom is 0.291 e. The van der Waals surface area contributed by atoms with Crippen LogP contribution in [0.2, 0.25) is 0 Å².